The van der Waals surface area contributed by atoms with E-state index >= 15 is 0 Å². The van der Waals surface area contributed by atoms with E-state index in [9.17, 15) is 4.79 Å². The number of carbonyl (C=O) groups is 1. The Kier molecular flexibility index (Phi) is 8.10. The molecule has 4 heterocycles. The van der Waals surface area contributed by atoms with Gasteiger partial charge in [0.2, 0.25) is 0 Å². The van der Waals surface area contributed by atoms with Crippen LogP contribution in [-0.4, -0.2) is 82.0 Å². The molecule has 0 unspecified atom stereocenters. The summed E-state index contributed by atoms with van der Waals surface area (Å²) in [4.78, 5) is 24.1. The molecule has 0 aliphatic carbocycles. The standard InChI is InChI=1S/C25H27BrN6O3S/c1-34-22(33)8-6-20-24-29-30-25(36-15-12-31-10-13-35-14-11-31)32(24)21-7-5-17(26)16-18(21)23(28-20)19-4-2-3-9-27-19/h2-5,7,9,16,20H,6,8,10-15H2,1H3/t20-/m0/s1. The normalized spacial score (nSPS) is 17.6. The molecule has 0 spiro atoms. The van der Waals surface area contributed by atoms with Crippen molar-refractivity contribution in [2.24, 2.45) is 4.99 Å². The summed E-state index contributed by atoms with van der Waals surface area (Å²) in [5.41, 5.74) is 3.40. The summed E-state index contributed by atoms with van der Waals surface area (Å²) in [5.74, 6) is 1.31. The van der Waals surface area contributed by atoms with Crippen molar-refractivity contribution in [3.05, 3.63) is 64.1 Å². The van der Waals surface area contributed by atoms with Crippen molar-refractivity contribution in [3.63, 3.8) is 0 Å². The molecule has 5 rings (SSSR count). The molecule has 9 nitrogen and oxygen atoms in total. The lowest BCUT2D eigenvalue weighted by atomic mass is 10.0. The number of aromatic nitrogens is 4. The van der Waals surface area contributed by atoms with Gasteiger partial charge in [0, 0.05) is 48.0 Å². The minimum absolute atomic E-state index is 0.229. The van der Waals surface area contributed by atoms with E-state index in [-0.39, 0.29) is 18.4 Å². The highest BCUT2D eigenvalue weighted by Crippen LogP contribution is 2.36. The van der Waals surface area contributed by atoms with Gasteiger partial charge in [0.15, 0.2) is 11.0 Å². The van der Waals surface area contributed by atoms with Crippen LogP contribution in [0, 0.1) is 0 Å². The molecule has 36 heavy (non-hydrogen) atoms. The first-order valence-corrected chi connectivity index (χ1v) is 13.7. The van der Waals surface area contributed by atoms with Crippen LogP contribution in [0.2, 0.25) is 0 Å². The van der Waals surface area contributed by atoms with Crippen molar-refractivity contribution in [2.75, 3.05) is 45.7 Å². The molecule has 1 fully saturated rings. The monoisotopic (exact) mass is 570 g/mol. The SMILES string of the molecule is COC(=O)CC[C@@H]1N=C(c2ccccn2)c2cc(Br)ccc2-n2c(SCCN3CCOCC3)nnc21. The third kappa shape index (κ3) is 5.54. The maximum atomic E-state index is 12.0. The van der Waals surface area contributed by atoms with Crippen LogP contribution in [0.25, 0.3) is 5.69 Å². The number of nitrogens with zero attached hydrogens (tertiary/aromatic N) is 6. The average molecular weight is 572 g/mol. The molecule has 188 valence electrons. The Hall–Kier alpha value is -2.60. The summed E-state index contributed by atoms with van der Waals surface area (Å²) < 4.78 is 13.4. The van der Waals surface area contributed by atoms with E-state index in [1.807, 2.05) is 24.3 Å². The van der Waals surface area contributed by atoms with Crippen molar-refractivity contribution in [1.29, 1.82) is 0 Å². The number of fused-ring (bicyclic) bond motifs is 3. The van der Waals surface area contributed by atoms with Crippen molar-refractivity contribution in [3.8, 4) is 5.69 Å². The van der Waals surface area contributed by atoms with Gasteiger partial charge in [-0.15, -0.1) is 10.2 Å². The molecule has 1 aromatic carbocycles. The lowest BCUT2D eigenvalue weighted by Gasteiger charge is -2.26. The zero-order valence-corrected chi connectivity index (χ0v) is 22.4. The number of aliphatic imine (C=N–C) groups is 1. The number of ether oxygens (including phenoxy) is 2. The van der Waals surface area contributed by atoms with Crippen molar-refractivity contribution >= 4 is 39.4 Å². The fraction of sp³-hybridized carbons (Fsp3) is 0.400. The second kappa shape index (κ2) is 11.6. The predicted molar refractivity (Wildman–Crippen MR) is 141 cm³/mol. The smallest absolute Gasteiger partial charge is 0.305 e. The molecule has 0 amide bonds. The van der Waals surface area contributed by atoms with Gasteiger partial charge in [0.25, 0.3) is 0 Å². The average Bonchev–Trinajstić information content (AvgIpc) is 3.27. The quantitative estimate of drug-likeness (QED) is 0.299. The number of methoxy groups -OCH3 is 1. The minimum atomic E-state index is -0.381. The summed E-state index contributed by atoms with van der Waals surface area (Å²) in [6.45, 7) is 4.41. The molecule has 0 saturated carbocycles. The molecule has 0 N–H and O–H groups in total. The predicted octanol–water partition coefficient (Wildman–Crippen LogP) is 3.69. The Morgan fingerprint density at radius 2 is 2.08 bits per heavy atom. The van der Waals surface area contributed by atoms with Crippen molar-refractivity contribution < 1.29 is 14.3 Å². The number of thioether (sulfide) groups is 1. The molecule has 3 aromatic rings. The van der Waals surface area contributed by atoms with Crippen LogP contribution in [0.15, 0.2) is 57.2 Å². The maximum absolute atomic E-state index is 12.0. The Morgan fingerprint density at radius 3 is 2.86 bits per heavy atom. The van der Waals surface area contributed by atoms with E-state index in [0.717, 1.165) is 70.9 Å². The number of esters is 1. The summed E-state index contributed by atoms with van der Waals surface area (Å²) >= 11 is 5.30. The first kappa shape index (κ1) is 25.1. The molecule has 0 bridgehead atoms. The van der Waals surface area contributed by atoms with Crippen LogP contribution in [0.3, 0.4) is 0 Å². The lowest BCUT2D eigenvalue weighted by Crippen LogP contribution is -2.37. The largest absolute Gasteiger partial charge is 0.469 e. The van der Waals surface area contributed by atoms with Crippen molar-refractivity contribution in [1.82, 2.24) is 24.6 Å². The van der Waals surface area contributed by atoms with Gasteiger partial charge in [-0.2, -0.15) is 0 Å². The topological polar surface area (TPSA) is 94.7 Å². The maximum Gasteiger partial charge on any atom is 0.305 e. The number of carbonyl (C=O) groups excluding carboxylic acids is 1. The van der Waals surface area contributed by atoms with Crippen LogP contribution < -0.4 is 0 Å². The van der Waals surface area contributed by atoms with Gasteiger partial charge in [-0.25, -0.2) is 0 Å². The number of rotatable bonds is 8. The van der Waals surface area contributed by atoms with Gasteiger partial charge in [-0.1, -0.05) is 33.8 Å². The van der Waals surface area contributed by atoms with Crippen LogP contribution >= 0.6 is 27.7 Å². The Bertz CT molecular complexity index is 1250. The molecular formula is C25H27BrN6O3S. The number of morpholine rings is 1. The second-order valence-electron chi connectivity index (χ2n) is 8.46. The lowest BCUT2D eigenvalue weighted by molar-refractivity contribution is -0.140. The van der Waals surface area contributed by atoms with Gasteiger partial charge in [0.1, 0.15) is 6.04 Å². The number of hydrogen-bond donors (Lipinski definition) is 0. The number of halogens is 1. The third-order valence-electron chi connectivity index (χ3n) is 6.20. The van der Waals surface area contributed by atoms with Gasteiger partial charge in [0.05, 0.1) is 37.4 Å². The Morgan fingerprint density at radius 1 is 1.22 bits per heavy atom. The van der Waals surface area contributed by atoms with Gasteiger partial charge in [-0.3, -0.25) is 24.2 Å². The van der Waals surface area contributed by atoms with Crippen molar-refractivity contribution in [2.45, 2.75) is 24.0 Å². The van der Waals surface area contributed by atoms with Gasteiger partial charge < -0.3 is 9.47 Å². The molecule has 11 heteroatoms. The van der Waals surface area contributed by atoms with Crippen LogP contribution in [0.1, 0.15) is 36.0 Å². The van der Waals surface area contributed by atoms with Crippen LogP contribution in [0.5, 0.6) is 0 Å². The highest BCUT2D eigenvalue weighted by Gasteiger charge is 2.30. The number of hydrogen-bond acceptors (Lipinski definition) is 9. The zero-order valence-electron chi connectivity index (χ0n) is 20.0. The van der Waals surface area contributed by atoms with Gasteiger partial charge >= 0.3 is 5.97 Å². The molecule has 1 saturated heterocycles. The fourth-order valence-electron chi connectivity index (χ4n) is 4.34. The highest BCUT2D eigenvalue weighted by molar-refractivity contribution is 9.10. The van der Waals surface area contributed by atoms with Crippen LogP contribution in [0.4, 0.5) is 0 Å². The number of pyridine rings is 1. The number of benzene rings is 1. The summed E-state index contributed by atoms with van der Waals surface area (Å²) in [7, 11) is 1.40. The van der Waals surface area contributed by atoms with E-state index in [2.05, 4.69) is 52.7 Å². The molecule has 0 radical (unpaired) electrons. The van der Waals surface area contributed by atoms with E-state index in [1.54, 1.807) is 18.0 Å². The van der Waals surface area contributed by atoms with Gasteiger partial charge in [-0.05, 0) is 36.8 Å². The van der Waals surface area contributed by atoms with E-state index in [4.69, 9.17) is 14.5 Å². The highest BCUT2D eigenvalue weighted by atomic mass is 79.9. The first-order valence-electron chi connectivity index (χ1n) is 11.9. The summed E-state index contributed by atoms with van der Waals surface area (Å²) in [6.07, 6.45) is 2.44. The zero-order chi connectivity index (χ0) is 24.9. The third-order valence-corrected chi connectivity index (χ3v) is 7.60. The molecule has 1 atom stereocenters. The minimum Gasteiger partial charge on any atom is -0.469 e. The second-order valence-corrected chi connectivity index (χ2v) is 10.4. The van der Waals surface area contributed by atoms with E-state index < -0.39 is 0 Å². The summed E-state index contributed by atoms with van der Waals surface area (Å²) in [5, 5.41) is 9.95. The molecular weight excluding hydrogens is 544 g/mol. The Labute approximate surface area is 222 Å². The summed E-state index contributed by atoms with van der Waals surface area (Å²) in [6, 6.07) is 11.5. The molecule has 2 aliphatic rings. The fourth-order valence-corrected chi connectivity index (χ4v) is 5.65. The molecule has 2 aromatic heterocycles. The van der Waals surface area contributed by atoms with E-state index in [1.165, 1.54) is 7.11 Å². The first-order chi connectivity index (χ1) is 17.6. The van der Waals surface area contributed by atoms with E-state index in [0.29, 0.717) is 12.2 Å². The Balaban J connectivity index is 1.54. The van der Waals surface area contributed by atoms with Crippen LogP contribution in [-0.2, 0) is 14.3 Å². The molecule has 2 aliphatic heterocycles.